The van der Waals surface area contributed by atoms with Gasteiger partial charge in [-0.05, 0) is 37.8 Å². The molecule has 3 heteroatoms. The number of hydrogen-bond donors (Lipinski definition) is 1. The number of nitrogens with one attached hydrogen (secondary N) is 1. The van der Waals surface area contributed by atoms with E-state index in [2.05, 4.69) is 44.1 Å². The highest BCUT2D eigenvalue weighted by molar-refractivity contribution is 7.99. The minimum absolute atomic E-state index is 0.285. The molecule has 0 atom stereocenters. The number of rotatable bonds is 8. The summed E-state index contributed by atoms with van der Waals surface area (Å²) in [4.78, 5) is 0. The lowest BCUT2D eigenvalue weighted by Crippen LogP contribution is -2.31. The van der Waals surface area contributed by atoms with Crippen molar-refractivity contribution in [2.24, 2.45) is 0 Å². The number of hydrogen-bond acceptors (Lipinski definition) is 3. The van der Waals surface area contributed by atoms with E-state index in [1.165, 1.54) is 5.56 Å². The van der Waals surface area contributed by atoms with Crippen LogP contribution >= 0.6 is 11.8 Å². The quantitative estimate of drug-likeness (QED) is 0.727. The summed E-state index contributed by atoms with van der Waals surface area (Å²) < 4.78 is 5.73. The monoisotopic (exact) mass is 265 g/mol. The molecule has 100 valence electrons. The van der Waals surface area contributed by atoms with Gasteiger partial charge in [-0.3, -0.25) is 0 Å². The maximum atomic E-state index is 5.44. The summed E-state index contributed by atoms with van der Waals surface area (Å²) in [6.07, 6.45) is 3.90. The van der Waals surface area contributed by atoms with Crippen molar-refractivity contribution < 1.29 is 4.74 Å². The summed E-state index contributed by atoms with van der Waals surface area (Å²) in [5, 5.41) is 3.48. The molecule has 0 aliphatic heterocycles. The molecule has 0 aromatic heterocycles. The normalized spacial score (nSPS) is 11.3. The van der Waals surface area contributed by atoms with E-state index in [0.29, 0.717) is 6.61 Å². The van der Waals surface area contributed by atoms with Crippen LogP contribution in [-0.2, 0) is 6.54 Å². The van der Waals surface area contributed by atoms with Gasteiger partial charge >= 0.3 is 0 Å². The van der Waals surface area contributed by atoms with E-state index in [1.807, 2.05) is 23.9 Å². The molecule has 0 radical (unpaired) electrons. The Balaban J connectivity index is 2.37. The molecule has 1 rings (SSSR count). The zero-order chi connectivity index (χ0) is 13.4. The SMILES string of the molecule is C=CCOc1ccc(CNCC(C)(C)SC)cc1. The highest BCUT2D eigenvalue weighted by atomic mass is 32.2. The Kier molecular flexibility index (Phi) is 6.30. The molecule has 0 fully saturated rings. The summed E-state index contributed by atoms with van der Waals surface area (Å²) in [7, 11) is 0. The van der Waals surface area contributed by atoms with Crippen LogP contribution < -0.4 is 10.1 Å². The molecule has 1 aromatic carbocycles. The fourth-order valence-corrected chi connectivity index (χ4v) is 1.69. The van der Waals surface area contributed by atoms with Gasteiger partial charge in [0.25, 0.3) is 0 Å². The van der Waals surface area contributed by atoms with Gasteiger partial charge in [-0.2, -0.15) is 11.8 Å². The van der Waals surface area contributed by atoms with E-state index in [1.54, 1.807) is 6.08 Å². The van der Waals surface area contributed by atoms with E-state index in [-0.39, 0.29) is 4.75 Å². The molecule has 0 bridgehead atoms. The Labute approximate surface area is 115 Å². The lowest BCUT2D eigenvalue weighted by molar-refractivity contribution is 0.363. The fourth-order valence-electron chi connectivity index (χ4n) is 1.44. The van der Waals surface area contributed by atoms with Crippen LogP contribution in [0.25, 0.3) is 0 Å². The van der Waals surface area contributed by atoms with Gasteiger partial charge in [-0.15, -0.1) is 0 Å². The van der Waals surface area contributed by atoms with Gasteiger partial charge in [0, 0.05) is 17.8 Å². The lowest BCUT2D eigenvalue weighted by Gasteiger charge is -2.22. The van der Waals surface area contributed by atoms with Gasteiger partial charge in [0.15, 0.2) is 0 Å². The van der Waals surface area contributed by atoms with Gasteiger partial charge in [0.2, 0.25) is 0 Å². The minimum atomic E-state index is 0.285. The Morgan fingerprint density at radius 2 is 2.00 bits per heavy atom. The standard InChI is InChI=1S/C15H23NOS/c1-5-10-17-14-8-6-13(7-9-14)11-16-12-15(2,3)18-4/h5-9,16H,1,10-12H2,2-4H3. The average Bonchev–Trinajstić information content (AvgIpc) is 2.38. The molecule has 1 aromatic rings. The molecule has 0 aliphatic rings. The molecular formula is C15H23NOS. The van der Waals surface area contributed by atoms with E-state index < -0.39 is 0 Å². The summed E-state index contributed by atoms with van der Waals surface area (Å²) in [6.45, 7) is 10.6. The Morgan fingerprint density at radius 1 is 1.33 bits per heavy atom. The second-order valence-corrected chi connectivity index (χ2v) is 6.32. The van der Waals surface area contributed by atoms with Gasteiger partial charge < -0.3 is 10.1 Å². The van der Waals surface area contributed by atoms with Crippen molar-refractivity contribution in [1.29, 1.82) is 0 Å². The third-order valence-electron chi connectivity index (χ3n) is 2.72. The molecule has 0 aliphatic carbocycles. The van der Waals surface area contributed by atoms with E-state index in [9.17, 15) is 0 Å². The van der Waals surface area contributed by atoms with Crippen LogP contribution in [0.4, 0.5) is 0 Å². The third-order valence-corrected chi connectivity index (χ3v) is 3.97. The second kappa shape index (κ2) is 7.49. The fraction of sp³-hybridized carbons (Fsp3) is 0.467. The molecular weight excluding hydrogens is 242 g/mol. The van der Waals surface area contributed by atoms with Gasteiger partial charge in [-0.1, -0.05) is 24.8 Å². The van der Waals surface area contributed by atoms with Crippen LogP contribution in [0.2, 0.25) is 0 Å². The number of benzene rings is 1. The summed E-state index contributed by atoms with van der Waals surface area (Å²) in [5.74, 6) is 0.892. The van der Waals surface area contributed by atoms with Crippen molar-refractivity contribution in [3.8, 4) is 5.75 Å². The summed E-state index contributed by atoms with van der Waals surface area (Å²) in [6, 6.07) is 8.19. The molecule has 18 heavy (non-hydrogen) atoms. The number of thioether (sulfide) groups is 1. The van der Waals surface area contributed by atoms with Crippen molar-refractivity contribution in [3.63, 3.8) is 0 Å². The smallest absolute Gasteiger partial charge is 0.119 e. The zero-order valence-corrected chi connectivity index (χ0v) is 12.3. The first-order valence-corrected chi connectivity index (χ1v) is 7.38. The molecule has 0 spiro atoms. The van der Waals surface area contributed by atoms with Crippen molar-refractivity contribution in [1.82, 2.24) is 5.32 Å². The van der Waals surface area contributed by atoms with Crippen LogP contribution in [0.3, 0.4) is 0 Å². The zero-order valence-electron chi connectivity index (χ0n) is 11.5. The molecule has 0 amide bonds. The van der Waals surface area contributed by atoms with Gasteiger partial charge in [0.1, 0.15) is 12.4 Å². The van der Waals surface area contributed by atoms with Crippen LogP contribution in [0.1, 0.15) is 19.4 Å². The third kappa shape index (κ3) is 5.61. The molecule has 0 unspecified atom stereocenters. The predicted molar refractivity (Wildman–Crippen MR) is 81.4 cm³/mol. The Hall–Kier alpha value is -0.930. The molecule has 0 saturated heterocycles. The van der Waals surface area contributed by atoms with E-state index in [0.717, 1.165) is 18.8 Å². The highest BCUT2D eigenvalue weighted by Gasteiger charge is 2.14. The van der Waals surface area contributed by atoms with Crippen molar-refractivity contribution in [2.45, 2.75) is 25.1 Å². The van der Waals surface area contributed by atoms with Crippen molar-refractivity contribution in [2.75, 3.05) is 19.4 Å². The molecule has 1 N–H and O–H groups in total. The van der Waals surface area contributed by atoms with Crippen LogP contribution in [0.15, 0.2) is 36.9 Å². The topological polar surface area (TPSA) is 21.3 Å². The largest absolute Gasteiger partial charge is 0.490 e. The predicted octanol–water partition coefficient (Wildman–Crippen LogP) is 3.48. The molecule has 0 heterocycles. The average molecular weight is 265 g/mol. The maximum Gasteiger partial charge on any atom is 0.119 e. The molecule has 2 nitrogen and oxygen atoms in total. The first-order chi connectivity index (χ1) is 8.57. The van der Waals surface area contributed by atoms with E-state index in [4.69, 9.17) is 4.74 Å². The minimum Gasteiger partial charge on any atom is -0.490 e. The first kappa shape index (κ1) is 15.1. The highest BCUT2D eigenvalue weighted by Crippen LogP contribution is 2.19. The maximum absolute atomic E-state index is 5.44. The Bertz CT molecular complexity index is 359. The summed E-state index contributed by atoms with van der Waals surface area (Å²) in [5.41, 5.74) is 1.28. The lowest BCUT2D eigenvalue weighted by atomic mass is 10.2. The van der Waals surface area contributed by atoms with E-state index >= 15 is 0 Å². The van der Waals surface area contributed by atoms with Gasteiger partial charge in [0.05, 0.1) is 0 Å². The van der Waals surface area contributed by atoms with Crippen molar-refractivity contribution in [3.05, 3.63) is 42.5 Å². The number of ether oxygens (including phenoxy) is 1. The Morgan fingerprint density at radius 3 is 2.56 bits per heavy atom. The second-order valence-electron chi connectivity index (χ2n) is 4.81. The van der Waals surface area contributed by atoms with Crippen LogP contribution in [0, 0.1) is 0 Å². The summed E-state index contributed by atoms with van der Waals surface area (Å²) >= 11 is 1.88. The first-order valence-electron chi connectivity index (χ1n) is 6.16. The molecule has 0 saturated carbocycles. The van der Waals surface area contributed by atoms with Crippen LogP contribution in [0.5, 0.6) is 5.75 Å². The van der Waals surface area contributed by atoms with Crippen molar-refractivity contribution >= 4 is 11.8 Å². The van der Waals surface area contributed by atoms with Gasteiger partial charge in [-0.25, -0.2) is 0 Å². The van der Waals surface area contributed by atoms with Crippen LogP contribution in [-0.4, -0.2) is 24.2 Å².